The minimum atomic E-state index is -0.419. The van der Waals surface area contributed by atoms with E-state index in [-0.39, 0.29) is 12.0 Å². The van der Waals surface area contributed by atoms with Crippen molar-refractivity contribution in [3.63, 3.8) is 0 Å². The van der Waals surface area contributed by atoms with E-state index < -0.39 is 5.54 Å². The van der Waals surface area contributed by atoms with E-state index in [9.17, 15) is 9.90 Å². The van der Waals surface area contributed by atoms with Crippen LogP contribution < -0.4 is 10.6 Å². The number of rotatable bonds is 5. The Bertz CT molecular complexity index is 561. The minimum Gasteiger partial charge on any atom is -0.393 e. The molecule has 2 aliphatic heterocycles. The third-order valence-electron chi connectivity index (χ3n) is 5.38. The zero-order valence-corrected chi connectivity index (χ0v) is 14.6. The average molecular weight is 331 g/mol. The lowest BCUT2D eigenvalue weighted by Crippen LogP contribution is -2.50. The minimum absolute atomic E-state index is 0.0934. The highest BCUT2D eigenvalue weighted by molar-refractivity contribution is 5.86. The number of carbonyl (C=O) groups is 1. The first kappa shape index (κ1) is 17.4. The van der Waals surface area contributed by atoms with E-state index in [1.54, 1.807) is 0 Å². The highest BCUT2D eigenvalue weighted by atomic mass is 16.3. The molecule has 0 bridgehead atoms. The van der Waals surface area contributed by atoms with E-state index in [0.29, 0.717) is 6.54 Å². The van der Waals surface area contributed by atoms with E-state index in [2.05, 4.69) is 33.7 Å². The smallest absolute Gasteiger partial charge is 0.240 e. The van der Waals surface area contributed by atoms with E-state index in [0.717, 1.165) is 51.9 Å². The zero-order chi connectivity index (χ0) is 17.0. The van der Waals surface area contributed by atoms with E-state index in [1.165, 1.54) is 11.1 Å². The Morgan fingerprint density at radius 3 is 2.71 bits per heavy atom. The van der Waals surface area contributed by atoms with Crippen molar-refractivity contribution in [1.29, 1.82) is 0 Å². The number of likely N-dealkylation sites (tertiary alicyclic amines) is 1. The van der Waals surface area contributed by atoms with Gasteiger partial charge in [-0.15, -0.1) is 0 Å². The Balaban J connectivity index is 1.58. The number of nitrogens with zero attached hydrogens (tertiary/aromatic N) is 1. The number of hydrogen-bond acceptors (Lipinski definition) is 4. The molecule has 0 saturated carbocycles. The van der Waals surface area contributed by atoms with Gasteiger partial charge in [-0.3, -0.25) is 9.69 Å². The standard InChI is InChI=1S/C19H29N3O2/c1-19(9-4-10-21-19)18(24)20-13-15-5-2-3-6-16(15)14-22-11-7-17(23)8-12-22/h2-3,5-6,17,21,23H,4,7-14H2,1H3,(H,20,24). The van der Waals surface area contributed by atoms with Gasteiger partial charge in [-0.1, -0.05) is 24.3 Å². The van der Waals surface area contributed by atoms with Gasteiger partial charge >= 0.3 is 0 Å². The van der Waals surface area contributed by atoms with Crippen LogP contribution in [0.15, 0.2) is 24.3 Å². The lowest BCUT2D eigenvalue weighted by atomic mass is 9.99. The highest BCUT2D eigenvalue weighted by Gasteiger charge is 2.35. The molecule has 2 saturated heterocycles. The summed E-state index contributed by atoms with van der Waals surface area (Å²) >= 11 is 0. The predicted molar refractivity (Wildman–Crippen MR) is 94.4 cm³/mol. The Hall–Kier alpha value is -1.43. The predicted octanol–water partition coefficient (Wildman–Crippen LogP) is 1.40. The molecular weight excluding hydrogens is 302 g/mol. The first-order valence-corrected chi connectivity index (χ1v) is 9.07. The van der Waals surface area contributed by atoms with Crippen molar-refractivity contribution >= 4 is 5.91 Å². The molecule has 24 heavy (non-hydrogen) atoms. The molecule has 3 N–H and O–H groups in total. The van der Waals surface area contributed by atoms with Crippen molar-refractivity contribution in [1.82, 2.24) is 15.5 Å². The summed E-state index contributed by atoms with van der Waals surface area (Å²) in [5.74, 6) is 0.0934. The van der Waals surface area contributed by atoms with Gasteiger partial charge in [-0.2, -0.15) is 0 Å². The molecule has 0 spiro atoms. The van der Waals surface area contributed by atoms with Crippen LogP contribution in [-0.2, 0) is 17.9 Å². The third-order valence-corrected chi connectivity index (χ3v) is 5.38. The van der Waals surface area contributed by atoms with Crippen molar-refractivity contribution in [3.05, 3.63) is 35.4 Å². The molecule has 2 fully saturated rings. The number of amides is 1. The molecule has 2 heterocycles. The summed E-state index contributed by atoms with van der Waals surface area (Å²) in [5.41, 5.74) is 2.02. The number of piperidine rings is 1. The summed E-state index contributed by atoms with van der Waals surface area (Å²) < 4.78 is 0. The summed E-state index contributed by atoms with van der Waals surface area (Å²) in [6, 6.07) is 8.32. The number of benzene rings is 1. The molecule has 0 aromatic heterocycles. The number of hydrogen-bond donors (Lipinski definition) is 3. The largest absolute Gasteiger partial charge is 0.393 e. The quantitative estimate of drug-likeness (QED) is 0.763. The van der Waals surface area contributed by atoms with Crippen LogP contribution in [0.3, 0.4) is 0 Å². The van der Waals surface area contributed by atoms with Gasteiger partial charge in [0.25, 0.3) is 0 Å². The van der Waals surface area contributed by atoms with Crippen LogP contribution in [0.1, 0.15) is 43.7 Å². The van der Waals surface area contributed by atoms with E-state index in [1.807, 2.05) is 13.0 Å². The summed E-state index contributed by atoms with van der Waals surface area (Å²) in [5, 5.41) is 16.1. The maximum atomic E-state index is 12.5. The molecule has 132 valence electrons. The second kappa shape index (κ2) is 7.64. The van der Waals surface area contributed by atoms with Crippen molar-refractivity contribution in [2.24, 2.45) is 0 Å². The lowest BCUT2D eigenvalue weighted by Gasteiger charge is -2.30. The first-order valence-electron chi connectivity index (χ1n) is 9.07. The Morgan fingerprint density at radius 2 is 2.04 bits per heavy atom. The maximum absolute atomic E-state index is 12.5. The highest BCUT2D eigenvalue weighted by Crippen LogP contribution is 2.20. The topological polar surface area (TPSA) is 64.6 Å². The van der Waals surface area contributed by atoms with Crippen molar-refractivity contribution < 1.29 is 9.90 Å². The van der Waals surface area contributed by atoms with Gasteiger partial charge in [-0.05, 0) is 50.3 Å². The van der Waals surface area contributed by atoms with Crippen LogP contribution in [0.4, 0.5) is 0 Å². The molecule has 3 rings (SSSR count). The van der Waals surface area contributed by atoms with Crippen molar-refractivity contribution in [3.8, 4) is 0 Å². The summed E-state index contributed by atoms with van der Waals surface area (Å²) in [6.45, 7) is 6.23. The molecule has 1 atom stereocenters. The molecule has 0 aliphatic carbocycles. The monoisotopic (exact) mass is 331 g/mol. The first-order chi connectivity index (χ1) is 11.6. The molecule has 1 aromatic rings. The number of nitrogens with one attached hydrogen (secondary N) is 2. The number of aliphatic hydroxyl groups excluding tert-OH is 1. The third kappa shape index (κ3) is 4.15. The molecular formula is C19H29N3O2. The summed E-state index contributed by atoms with van der Waals surface area (Å²) in [6.07, 6.45) is 3.51. The van der Waals surface area contributed by atoms with Gasteiger partial charge in [-0.25, -0.2) is 0 Å². The Kier molecular flexibility index (Phi) is 5.54. The zero-order valence-electron chi connectivity index (χ0n) is 14.6. The van der Waals surface area contributed by atoms with Gasteiger partial charge < -0.3 is 15.7 Å². The van der Waals surface area contributed by atoms with Crippen LogP contribution in [-0.4, -0.2) is 47.2 Å². The second-order valence-corrected chi connectivity index (χ2v) is 7.32. The van der Waals surface area contributed by atoms with Crippen LogP contribution in [0.25, 0.3) is 0 Å². The molecule has 1 amide bonds. The fraction of sp³-hybridized carbons (Fsp3) is 0.632. The van der Waals surface area contributed by atoms with Crippen LogP contribution in [0, 0.1) is 0 Å². The van der Waals surface area contributed by atoms with Crippen LogP contribution >= 0.6 is 0 Å². The molecule has 1 unspecified atom stereocenters. The van der Waals surface area contributed by atoms with Crippen molar-refractivity contribution in [2.45, 2.75) is 57.3 Å². The Labute approximate surface area is 144 Å². The van der Waals surface area contributed by atoms with Gasteiger partial charge in [0, 0.05) is 26.2 Å². The van der Waals surface area contributed by atoms with Crippen molar-refractivity contribution in [2.75, 3.05) is 19.6 Å². The molecule has 1 aromatic carbocycles. The average Bonchev–Trinajstić information content (AvgIpc) is 3.04. The maximum Gasteiger partial charge on any atom is 0.240 e. The summed E-state index contributed by atoms with van der Waals surface area (Å²) in [7, 11) is 0. The van der Waals surface area contributed by atoms with Crippen LogP contribution in [0.2, 0.25) is 0 Å². The van der Waals surface area contributed by atoms with Crippen LogP contribution in [0.5, 0.6) is 0 Å². The molecule has 0 radical (unpaired) electrons. The lowest BCUT2D eigenvalue weighted by molar-refractivity contribution is -0.126. The SMILES string of the molecule is CC1(C(=O)NCc2ccccc2CN2CCC(O)CC2)CCCN1. The second-order valence-electron chi connectivity index (χ2n) is 7.32. The van der Waals surface area contributed by atoms with Gasteiger partial charge in [0.15, 0.2) is 0 Å². The fourth-order valence-corrected chi connectivity index (χ4v) is 3.66. The van der Waals surface area contributed by atoms with E-state index in [4.69, 9.17) is 0 Å². The fourth-order valence-electron chi connectivity index (χ4n) is 3.66. The molecule has 2 aliphatic rings. The number of carbonyl (C=O) groups excluding carboxylic acids is 1. The molecule has 5 nitrogen and oxygen atoms in total. The number of aliphatic hydroxyl groups is 1. The molecule has 5 heteroatoms. The van der Waals surface area contributed by atoms with Gasteiger partial charge in [0.1, 0.15) is 0 Å². The normalized spacial score (nSPS) is 25.8. The van der Waals surface area contributed by atoms with Gasteiger partial charge in [0.05, 0.1) is 11.6 Å². The van der Waals surface area contributed by atoms with Gasteiger partial charge in [0.2, 0.25) is 5.91 Å². The Morgan fingerprint density at radius 1 is 1.33 bits per heavy atom. The van der Waals surface area contributed by atoms with E-state index >= 15 is 0 Å². The summed E-state index contributed by atoms with van der Waals surface area (Å²) in [4.78, 5) is 14.8.